The Morgan fingerprint density at radius 3 is 2.67 bits per heavy atom. The number of nitrogens with zero attached hydrogens (tertiary/aromatic N) is 4. The SMILES string of the molecule is C=CCn1c(SCC(=O)Nc2nc(C)cs2)nnc1[C@H](C)NC(=O)Cc1ccc(OC)cc1. The van der Waals surface area contributed by atoms with Crippen LogP contribution in [0.3, 0.4) is 0 Å². The Morgan fingerprint density at radius 2 is 2.03 bits per heavy atom. The Balaban J connectivity index is 1.60. The monoisotopic (exact) mass is 486 g/mol. The van der Waals surface area contributed by atoms with Gasteiger partial charge in [-0.25, -0.2) is 4.98 Å². The number of rotatable bonds is 11. The number of hydrogen-bond donors (Lipinski definition) is 2. The smallest absolute Gasteiger partial charge is 0.236 e. The first kappa shape index (κ1) is 24.5. The highest BCUT2D eigenvalue weighted by Gasteiger charge is 2.20. The van der Waals surface area contributed by atoms with Gasteiger partial charge in [0.2, 0.25) is 11.8 Å². The number of methoxy groups -OCH3 is 1. The van der Waals surface area contributed by atoms with Crippen LogP contribution in [0.25, 0.3) is 0 Å². The molecular formula is C22H26N6O3S2. The van der Waals surface area contributed by atoms with Crippen LogP contribution in [0.4, 0.5) is 5.13 Å². The predicted octanol–water partition coefficient (Wildman–Crippen LogP) is 3.39. The number of thioether (sulfide) groups is 1. The molecule has 0 fully saturated rings. The van der Waals surface area contributed by atoms with E-state index in [1.165, 1.54) is 23.1 Å². The summed E-state index contributed by atoms with van der Waals surface area (Å²) < 4.78 is 6.99. The molecule has 0 spiro atoms. The fraction of sp³-hybridized carbons (Fsp3) is 0.318. The zero-order valence-corrected chi connectivity index (χ0v) is 20.3. The zero-order chi connectivity index (χ0) is 23.8. The number of anilines is 1. The fourth-order valence-electron chi connectivity index (χ4n) is 3.01. The maximum absolute atomic E-state index is 12.5. The fourth-order valence-corrected chi connectivity index (χ4v) is 4.47. The van der Waals surface area contributed by atoms with Gasteiger partial charge in [0.1, 0.15) is 5.75 Å². The van der Waals surface area contributed by atoms with Crippen molar-refractivity contribution in [2.75, 3.05) is 18.2 Å². The second-order valence-electron chi connectivity index (χ2n) is 7.18. The molecular weight excluding hydrogens is 460 g/mol. The van der Waals surface area contributed by atoms with Crippen molar-refractivity contribution in [3.05, 3.63) is 59.4 Å². The summed E-state index contributed by atoms with van der Waals surface area (Å²) in [5.74, 6) is 1.19. The molecule has 1 aromatic carbocycles. The molecule has 0 unspecified atom stereocenters. The highest BCUT2D eigenvalue weighted by molar-refractivity contribution is 7.99. The van der Waals surface area contributed by atoms with Gasteiger partial charge in [-0.1, -0.05) is 30.0 Å². The van der Waals surface area contributed by atoms with Crippen LogP contribution < -0.4 is 15.4 Å². The standard InChI is InChI=1S/C22H26N6O3S2/c1-5-10-28-20(15(3)24-18(29)11-16-6-8-17(31-4)9-7-16)26-27-22(28)33-13-19(30)25-21-23-14(2)12-32-21/h5-9,12,15H,1,10-11,13H2,2-4H3,(H,24,29)(H,23,25,30)/t15-/m0/s1. The maximum Gasteiger partial charge on any atom is 0.236 e. The molecule has 9 nitrogen and oxygen atoms in total. The molecule has 1 atom stereocenters. The number of nitrogens with one attached hydrogen (secondary N) is 2. The minimum Gasteiger partial charge on any atom is -0.497 e. The molecule has 11 heteroatoms. The predicted molar refractivity (Wildman–Crippen MR) is 130 cm³/mol. The number of carbonyl (C=O) groups excluding carboxylic acids is 2. The lowest BCUT2D eigenvalue weighted by atomic mass is 10.1. The Morgan fingerprint density at radius 1 is 1.27 bits per heavy atom. The van der Waals surface area contributed by atoms with Gasteiger partial charge in [-0.15, -0.1) is 28.1 Å². The van der Waals surface area contributed by atoms with E-state index in [1.807, 2.05) is 48.1 Å². The van der Waals surface area contributed by atoms with E-state index in [9.17, 15) is 9.59 Å². The summed E-state index contributed by atoms with van der Waals surface area (Å²) in [6.07, 6.45) is 1.96. The Kier molecular flexibility index (Phi) is 8.61. The molecule has 2 N–H and O–H groups in total. The summed E-state index contributed by atoms with van der Waals surface area (Å²) in [4.78, 5) is 29.0. The minimum atomic E-state index is -0.371. The summed E-state index contributed by atoms with van der Waals surface area (Å²) in [7, 11) is 1.60. The lowest BCUT2D eigenvalue weighted by Gasteiger charge is -2.15. The van der Waals surface area contributed by atoms with Gasteiger partial charge in [0, 0.05) is 11.9 Å². The lowest BCUT2D eigenvalue weighted by Crippen LogP contribution is -2.30. The van der Waals surface area contributed by atoms with Crippen molar-refractivity contribution in [3.8, 4) is 5.75 Å². The van der Waals surface area contributed by atoms with Gasteiger partial charge in [0.25, 0.3) is 0 Å². The van der Waals surface area contributed by atoms with Gasteiger partial charge in [-0.3, -0.25) is 9.59 Å². The van der Waals surface area contributed by atoms with Crippen molar-refractivity contribution in [2.24, 2.45) is 0 Å². The number of ether oxygens (including phenoxy) is 1. The quantitative estimate of drug-likeness (QED) is 0.316. The Bertz CT molecular complexity index is 1110. The molecule has 174 valence electrons. The normalized spacial score (nSPS) is 11.6. The van der Waals surface area contributed by atoms with E-state index < -0.39 is 0 Å². The first-order valence-corrected chi connectivity index (χ1v) is 12.1. The third kappa shape index (κ3) is 6.90. The number of amides is 2. The molecule has 0 saturated heterocycles. The van der Waals surface area contributed by atoms with Gasteiger partial charge in [-0.2, -0.15) is 0 Å². The minimum absolute atomic E-state index is 0.131. The Hall–Kier alpha value is -3.18. The summed E-state index contributed by atoms with van der Waals surface area (Å²) in [5, 5.41) is 17.2. The van der Waals surface area contributed by atoms with Crippen molar-refractivity contribution >= 4 is 40.0 Å². The van der Waals surface area contributed by atoms with Crippen molar-refractivity contribution in [1.82, 2.24) is 25.1 Å². The van der Waals surface area contributed by atoms with Crippen LogP contribution in [0.2, 0.25) is 0 Å². The average Bonchev–Trinajstić information content (AvgIpc) is 3.38. The van der Waals surface area contributed by atoms with Crippen molar-refractivity contribution in [2.45, 2.75) is 38.0 Å². The topological polar surface area (TPSA) is 111 Å². The van der Waals surface area contributed by atoms with Gasteiger partial charge in [-0.05, 0) is 31.5 Å². The summed E-state index contributed by atoms with van der Waals surface area (Å²) in [5.41, 5.74) is 1.74. The molecule has 0 radical (unpaired) electrons. The Labute approximate surface area is 200 Å². The third-order valence-electron chi connectivity index (χ3n) is 4.54. The second-order valence-corrected chi connectivity index (χ2v) is 8.99. The van der Waals surface area contributed by atoms with Gasteiger partial charge in [0.05, 0.1) is 31.0 Å². The molecule has 3 aromatic rings. The number of carbonyl (C=O) groups is 2. The number of allylic oxidation sites excluding steroid dienone is 1. The van der Waals surface area contributed by atoms with E-state index in [2.05, 4.69) is 32.4 Å². The van der Waals surface area contributed by atoms with Gasteiger partial charge in [0.15, 0.2) is 16.1 Å². The molecule has 0 bridgehead atoms. The molecule has 2 aromatic heterocycles. The van der Waals surface area contributed by atoms with E-state index in [1.54, 1.807) is 13.2 Å². The van der Waals surface area contributed by atoms with Crippen molar-refractivity contribution < 1.29 is 14.3 Å². The van der Waals surface area contributed by atoms with E-state index in [0.29, 0.717) is 22.7 Å². The van der Waals surface area contributed by atoms with E-state index in [0.717, 1.165) is 17.0 Å². The molecule has 2 heterocycles. The van der Waals surface area contributed by atoms with Crippen molar-refractivity contribution in [1.29, 1.82) is 0 Å². The molecule has 0 aliphatic carbocycles. The van der Waals surface area contributed by atoms with E-state index in [-0.39, 0.29) is 30.0 Å². The number of aryl methyl sites for hydroxylation is 1. The van der Waals surface area contributed by atoms with Crippen LogP contribution >= 0.6 is 23.1 Å². The highest BCUT2D eigenvalue weighted by atomic mass is 32.2. The molecule has 2 amide bonds. The summed E-state index contributed by atoms with van der Waals surface area (Å²) >= 11 is 2.65. The second kappa shape index (κ2) is 11.6. The van der Waals surface area contributed by atoms with Crippen LogP contribution in [0.1, 0.15) is 30.0 Å². The third-order valence-corrected chi connectivity index (χ3v) is 6.39. The summed E-state index contributed by atoms with van der Waals surface area (Å²) in [6.45, 7) is 7.97. The van der Waals surface area contributed by atoms with E-state index >= 15 is 0 Å². The number of thiazole rings is 1. The van der Waals surface area contributed by atoms with Crippen LogP contribution in [-0.2, 0) is 22.6 Å². The first-order chi connectivity index (χ1) is 15.9. The van der Waals surface area contributed by atoms with E-state index in [4.69, 9.17) is 4.74 Å². The zero-order valence-electron chi connectivity index (χ0n) is 18.7. The molecule has 0 saturated carbocycles. The highest BCUT2D eigenvalue weighted by Crippen LogP contribution is 2.22. The lowest BCUT2D eigenvalue weighted by molar-refractivity contribution is -0.121. The largest absolute Gasteiger partial charge is 0.497 e. The first-order valence-electron chi connectivity index (χ1n) is 10.2. The maximum atomic E-state index is 12.5. The van der Waals surface area contributed by atoms with Crippen molar-refractivity contribution in [3.63, 3.8) is 0 Å². The van der Waals surface area contributed by atoms with Crippen LogP contribution in [0, 0.1) is 6.92 Å². The van der Waals surface area contributed by atoms with Crippen LogP contribution in [-0.4, -0.2) is 44.4 Å². The van der Waals surface area contributed by atoms with Gasteiger partial charge < -0.3 is 19.9 Å². The molecule has 33 heavy (non-hydrogen) atoms. The molecule has 3 rings (SSSR count). The van der Waals surface area contributed by atoms with Crippen LogP contribution in [0.5, 0.6) is 5.75 Å². The summed E-state index contributed by atoms with van der Waals surface area (Å²) in [6, 6.07) is 6.99. The average molecular weight is 487 g/mol. The van der Waals surface area contributed by atoms with Crippen LogP contribution in [0.15, 0.2) is 47.5 Å². The number of hydrogen-bond acceptors (Lipinski definition) is 8. The van der Waals surface area contributed by atoms with Gasteiger partial charge >= 0.3 is 0 Å². The molecule has 0 aliphatic rings. The number of aromatic nitrogens is 4. The molecule has 0 aliphatic heterocycles. The number of benzene rings is 1.